The van der Waals surface area contributed by atoms with Crippen LogP contribution in [-0.2, 0) is 4.79 Å². The molecule has 2 aliphatic rings. The first-order valence-corrected chi connectivity index (χ1v) is 5.01. The second-order valence-corrected chi connectivity index (χ2v) is 4.30. The van der Waals surface area contributed by atoms with E-state index in [4.69, 9.17) is 0 Å². The molecule has 2 nitrogen and oxygen atoms in total. The van der Waals surface area contributed by atoms with Crippen LogP contribution in [0.4, 0.5) is 0 Å². The lowest BCUT2D eigenvalue weighted by molar-refractivity contribution is -0.130. The van der Waals surface area contributed by atoms with Crippen molar-refractivity contribution in [3.8, 4) is 0 Å². The average molecular weight is 167 g/mol. The number of piperidine rings is 1. The molecular formula is C10H17NO. The van der Waals surface area contributed by atoms with E-state index in [1.165, 1.54) is 6.42 Å². The predicted molar refractivity (Wildman–Crippen MR) is 47.7 cm³/mol. The van der Waals surface area contributed by atoms with E-state index in [1.807, 2.05) is 0 Å². The van der Waals surface area contributed by atoms with Crippen molar-refractivity contribution >= 4 is 5.91 Å². The summed E-state index contributed by atoms with van der Waals surface area (Å²) in [5.74, 6) is 1.80. The van der Waals surface area contributed by atoms with Gasteiger partial charge in [0.25, 0.3) is 0 Å². The molecular weight excluding hydrogens is 150 g/mol. The Kier molecular flexibility index (Phi) is 1.85. The number of hydrogen-bond donors (Lipinski definition) is 0. The summed E-state index contributed by atoms with van der Waals surface area (Å²) in [5.41, 5.74) is 0. The third-order valence-corrected chi connectivity index (χ3v) is 3.42. The molecule has 2 fully saturated rings. The van der Waals surface area contributed by atoms with Gasteiger partial charge in [-0.1, -0.05) is 13.8 Å². The third-order valence-electron chi connectivity index (χ3n) is 3.42. The Balaban J connectivity index is 2.18. The number of rotatable bonds is 1. The van der Waals surface area contributed by atoms with Gasteiger partial charge in [-0.15, -0.1) is 0 Å². The lowest BCUT2D eigenvalue weighted by atomic mass is 9.86. The summed E-state index contributed by atoms with van der Waals surface area (Å²) >= 11 is 0. The molecule has 2 saturated heterocycles. The summed E-state index contributed by atoms with van der Waals surface area (Å²) in [4.78, 5) is 13.6. The molecule has 0 saturated carbocycles. The molecule has 2 heteroatoms. The quantitative estimate of drug-likeness (QED) is 0.581. The maximum atomic E-state index is 11.5. The molecule has 0 aromatic heterocycles. The standard InChI is InChI=1S/C10H17NO/c1-3-9-7(2)4-8-5-10(12)11(9)6-8/h7-9H,3-6H2,1-2H3. The first-order chi connectivity index (χ1) is 5.72. The lowest BCUT2D eigenvalue weighted by Crippen LogP contribution is -2.43. The topological polar surface area (TPSA) is 20.3 Å². The van der Waals surface area contributed by atoms with E-state index < -0.39 is 0 Å². The van der Waals surface area contributed by atoms with Crippen molar-refractivity contribution in [2.45, 2.75) is 39.2 Å². The summed E-state index contributed by atoms with van der Waals surface area (Å²) in [5, 5.41) is 0. The van der Waals surface area contributed by atoms with Gasteiger partial charge in [0, 0.05) is 19.0 Å². The third kappa shape index (κ3) is 1.05. The molecule has 1 amide bonds. The molecule has 2 bridgehead atoms. The van der Waals surface area contributed by atoms with Gasteiger partial charge in [0.2, 0.25) is 5.91 Å². The maximum absolute atomic E-state index is 11.5. The van der Waals surface area contributed by atoms with Crippen LogP contribution in [0.15, 0.2) is 0 Å². The Morgan fingerprint density at radius 3 is 3.00 bits per heavy atom. The molecule has 2 aliphatic heterocycles. The highest BCUT2D eigenvalue weighted by Gasteiger charge is 2.41. The van der Waals surface area contributed by atoms with Crippen molar-refractivity contribution < 1.29 is 4.79 Å². The molecule has 0 N–H and O–H groups in total. The first kappa shape index (κ1) is 8.09. The lowest BCUT2D eigenvalue weighted by Gasteiger charge is -2.36. The normalized spacial score (nSPS) is 40.7. The van der Waals surface area contributed by atoms with E-state index in [0.29, 0.717) is 17.9 Å². The van der Waals surface area contributed by atoms with E-state index in [-0.39, 0.29) is 0 Å². The molecule has 0 aliphatic carbocycles. The van der Waals surface area contributed by atoms with Gasteiger partial charge in [-0.2, -0.15) is 0 Å². The number of carbonyl (C=O) groups is 1. The van der Waals surface area contributed by atoms with Crippen LogP contribution in [0.25, 0.3) is 0 Å². The molecule has 2 heterocycles. The number of hydrogen-bond acceptors (Lipinski definition) is 1. The van der Waals surface area contributed by atoms with Crippen molar-refractivity contribution in [1.29, 1.82) is 0 Å². The largest absolute Gasteiger partial charge is 0.339 e. The van der Waals surface area contributed by atoms with Gasteiger partial charge in [-0.05, 0) is 24.7 Å². The fourth-order valence-corrected chi connectivity index (χ4v) is 2.90. The van der Waals surface area contributed by atoms with Crippen molar-refractivity contribution in [1.82, 2.24) is 4.90 Å². The zero-order chi connectivity index (χ0) is 8.72. The molecule has 12 heavy (non-hydrogen) atoms. The fraction of sp³-hybridized carbons (Fsp3) is 0.900. The number of carbonyl (C=O) groups excluding carboxylic acids is 1. The van der Waals surface area contributed by atoms with Crippen LogP contribution < -0.4 is 0 Å². The molecule has 0 radical (unpaired) electrons. The van der Waals surface area contributed by atoms with E-state index in [9.17, 15) is 4.79 Å². The highest BCUT2D eigenvalue weighted by Crippen LogP contribution is 2.36. The predicted octanol–water partition coefficient (Wildman–Crippen LogP) is 1.65. The Labute approximate surface area is 73.9 Å². The molecule has 3 unspecified atom stereocenters. The van der Waals surface area contributed by atoms with Crippen molar-refractivity contribution in [3.63, 3.8) is 0 Å². The average Bonchev–Trinajstić information content (AvgIpc) is 2.29. The van der Waals surface area contributed by atoms with Crippen molar-refractivity contribution in [2.24, 2.45) is 11.8 Å². The van der Waals surface area contributed by atoms with Crippen LogP contribution in [0.3, 0.4) is 0 Å². The van der Waals surface area contributed by atoms with E-state index in [1.54, 1.807) is 0 Å². The van der Waals surface area contributed by atoms with E-state index >= 15 is 0 Å². The molecule has 2 rings (SSSR count). The van der Waals surface area contributed by atoms with E-state index in [0.717, 1.165) is 25.3 Å². The Morgan fingerprint density at radius 1 is 1.58 bits per heavy atom. The molecule has 0 aromatic carbocycles. The van der Waals surface area contributed by atoms with Gasteiger partial charge in [0.15, 0.2) is 0 Å². The van der Waals surface area contributed by atoms with Gasteiger partial charge >= 0.3 is 0 Å². The van der Waals surface area contributed by atoms with Gasteiger partial charge in [-0.3, -0.25) is 4.79 Å². The molecule has 68 valence electrons. The minimum absolute atomic E-state index is 0.399. The smallest absolute Gasteiger partial charge is 0.223 e. The van der Waals surface area contributed by atoms with Crippen LogP contribution in [0, 0.1) is 11.8 Å². The summed E-state index contributed by atoms with van der Waals surface area (Å²) < 4.78 is 0. The second-order valence-electron chi connectivity index (χ2n) is 4.30. The summed E-state index contributed by atoms with van der Waals surface area (Å²) in [7, 11) is 0. The number of nitrogens with zero attached hydrogens (tertiary/aromatic N) is 1. The SMILES string of the molecule is CCC1C(C)CC2CC(=O)N1C2. The summed E-state index contributed by atoms with van der Waals surface area (Å²) in [6, 6.07) is 0.538. The van der Waals surface area contributed by atoms with Crippen LogP contribution in [0.2, 0.25) is 0 Å². The van der Waals surface area contributed by atoms with Gasteiger partial charge in [0.05, 0.1) is 0 Å². The zero-order valence-corrected chi connectivity index (χ0v) is 7.92. The van der Waals surface area contributed by atoms with Crippen molar-refractivity contribution in [3.05, 3.63) is 0 Å². The van der Waals surface area contributed by atoms with Crippen LogP contribution in [0.1, 0.15) is 33.1 Å². The van der Waals surface area contributed by atoms with Crippen LogP contribution in [0.5, 0.6) is 0 Å². The maximum Gasteiger partial charge on any atom is 0.223 e. The number of fused-ring (bicyclic) bond motifs is 2. The highest BCUT2D eigenvalue weighted by molar-refractivity contribution is 5.79. The van der Waals surface area contributed by atoms with Gasteiger partial charge in [0.1, 0.15) is 0 Å². The van der Waals surface area contributed by atoms with Crippen molar-refractivity contribution in [2.75, 3.05) is 6.54 Å². The van der Waals surface area contributed by atoms with Crippen LogP contribution >= 0.6 is 0 Å². The molecule has 0 aromatic rings. The Hall–Kier alpha value is -0.530. The summed E-state index contributed by atoms with van der Waals surface area (Å²) in [6.45, 7) is 5.51. The monoisotopic (exact) mass is 167 g/mol. The first-order valence-electron chi connectivity index (χ1n) is 5.01. The fourth-order valence-electron chi connectivity index (χ4n) is 2.90. The van der Waals surface area contributed by atoms with Crippen LogP contribution in [-0.4, -0.2) is 23.4 Å². The Morgan fingerprint density at radius 2 is 2.33 bits per heavy atom. The minimum atomic E-state index is 0.399. The molecule has 3 atom stereocenters. The van der Waals surface area contributed by atoms with E-state index in [2.05, 4.69) is 18.7 Å². The van der Waals surface area contributed by atoms with Gasteiger partial charge in [-0.25, -0.2) is 0 Å². The highest BCUT2D eigenvalue weighted by atomic mass is 16.2. The number of amides is 1. The van der Waals surface area contributed by atoms with Gasteiger partial charge < -0.3 is 4.90 Å². The molecule has 0 spiro atoms. The minimum Gasteiger partial charge on any atom is -0.339 e. The zero-order valence-electron chi connectivity index (χ0n) is 7.92. The summed E-state index contributed by atoms with van der Waals surface area (Å²) in [6.07, 6.45) is 3.21. The Bertz CT molecular complexity index is 202. The second kappa shape index (κ2) is 2.75.